The minimum Gasteiger partial charge on any atom is -0.486 e. The summed E-state index contributed by atoms with van der Waals surface area (Å²) in [5.41, 5.74) is 3.64. The molecule has 1 N–H and O–H groups in total. The molecule has 3 aromatic rings. The molecule has 2 nitrogen and oxygen atoms in total. The van der Waals surface area contributed by atoms with Crippen molar-refractivity contribution in [2.45, 2.75) is 20.1 Å². The second kappa shape index (κ2) is 8.83. The number of benzene rings is 3. The van der Waals surface area contributed by atoms with E-state index in [0.717, 1.165) is 16.8 Å². The van der Waals surface area contributed by atoms with Gasteiger partial charge in [0.05, 0.1) is 10.0 Å². The predicted molar refractivity (Wildman–Crippen MR) is 111 cm³/mol. The number of anilines is 1. The highest BCUT2D eigenvalue weighted by molar-refractivity contribution is 6.37. The van der Waals surface area contributed by atoms with Crippen LogP contribution in [-0.4, -0.2) is 0 Å². The van der Waals surface area contributed by atoms with Gasteiger partial charge in [-0.1, -0.05) is 53.0 Å². The zero-order valence-electron chi connectivity index (χ0n) is 14.5. The molecule has 0 amide bonds. The second-order valence-electron chi connectivity index (χ2n) is 6.12. The summed E-state index contributed by atoms with van der Waals surface area (Å²) in [4.78, 5) is 0. The summed E-state index contributed by atoms with van der Waals surface area (Å²) in [6.07, 6.45) is 0. The van der Waals surface area contributed by atoms with Crippen LogP contribution in [0.1, 0.15) is 16.7 Å². The lowest BCUT2D eigenvalue weighted by Crippen LogP contribution is -2.02. The molecule has 0 saturated carbocycles. The van der Waals surface area contributed by atoms with Crippen LogP contribution >= 0.6 is 34.8 Å². The topological polar surface area (TPSA) is 21.3 Å². The number of rotatable bonds is 6. The standard InChI is InChI=1S/C21H17Cl3FNO/c1-13-5-6-16(22)10-20(13)26-11-15-8-18(23)21(19(24)9-15)27-12-14-3-2-4-17(25)7-14/h2-10,26H,11-12H2,1H3. The van der Waals surface area contributed by atoms with Crippen molar-refractivity contribution >= 4 is 40.5 Å². The number of ether oxygens (including phenoxy) is 1. The number of aryl methyl sites for hydroxylation is 1. The summed E-state index contributed by atoms with van der Waals surface area (Å²) in [6.45, 7) is 2.71. The zero-order valence-corrected chi connectivity index (χ0v) is 16.8. The summed E-state index contributed by atoms with van der Waals surface area (Å²) < 4.78 is 19.0. The molecule has 0 heterocycles. The third kappa shape index (κ3) is 5.29. The molecule has 0 saturated heterocycles. The van der Waals surface area contributed by atoms with Gasteiger partial charge in [-0.25, -0.2) is 4.39 Å². The van der Waals surface area contributed by atoms with Gasteiger partial charge in [0.25, 0.3) is 0 Å². The third-order valence-electron chi connectivity index (χ3n) is 4.01. The van der Waals surface area contributed by atoms with Gasteiger partial charge >= 0.3 is 0 Å². The van der Waals surface area contributed by atoms with Gasteiger partial charge in [-0.05, 0) is 60.0 Å². The first-order chi connectivity index (χ1) is 12.9. The molecule has 0 atom stereocenters. The zero-order chi connectivity index (χ0) is 19.4. The summed E-state index contributed by atoms with van der Waals surface area (Å²) in [5, 5.41) is 4.79. The van der Waals surface area contributed by atoms with Crippen LogP contribution in [-0.2, 0) is 13.2 Å². The molecule has 6 heteroatoms. The van der Waals surface area contributed by atoms with Crippen molar-refractivity contribution in [2.24, 2.45) is 0 Å². The first-order valence-corrected chi connectivity index (χ1v) is 9.41. The van der Waals surface area contributed by atoms with E-state index in [4.69, 9.17) is 39.5 Å². The molecule has 0 aliphatic rings. The van der Waals surface area contributed by atoms with Gasteiger partial charge in [0, 0.05) is 17.3 Å². The van der Waals surface area contributed by atoms with Crippen LogP contribution in [0.4, 0.5) is 10.1 Å². The molecule has 0 radical (unpaired) electrons. The Balaban J connectivity index is 1.69. The maximum Gasteiger partial charge on any atom is 0.156 e. The monoisotopic (exact) mass is 423 g/mol. The number of nitrogens with one attached hydrogen (secondary N) is 1. The SMILES string of the molecule is Cc1ccc(Cl)cc1NCc1cc(Cl)c(OCc2cccc(F)c2)c(Cl)c1. The predicted octanol–water partition coefficient (Wildman–Crippen LogP) is 7.29. The molecule has 0 spiro atoms. The van der Waals surface area contributed by atoms with Crippen molar-refractivity contribution in [2.75, 3.05) is 5.32 Å². The van der Waals surface area contributed by atoms with E-state index in [0.29, 0.717) is 32.9 Å². The molecule has 0 unspecified atom stereocenters. The van der Waals surface area contributed by atoms with Crippen molar-refractivity contribution in [1.82, 2.24) is 0 Å². The minimum atomic E-state index is -0.314. The van der Waals surface area contributed by atoms with Crippen LogP contribution in [0.15, 0.2) is 54.6 Å². The lowest BCUT2D eigenvalue weighted by Gasteiger charge is -2.14. The fraction of sp³-hybridized carbons (Fsp3) is 0.143. The Morgan fingerprint density at radius 2 is 1.67 bits per heavy atom. The quantitative estimate of drug-likeness (QED) is 0.449. The van der Waals surface area contributed by atoms with Crippen LogP contribution in [0, 0.1) is 12.7 Å². The third-order valence-corrected chi connectivity index (χ3v) is 4.81. The van der Waals surface area contributed by atoms with Crippen molar-refractivity contribution in [3.63, 3.8) is 0 Å². The lowest BCUT2D eigenvalue weighted by atomic mass is 10.1. The molecule has 0 fully saturated rings. The van der Waals surface area contributed by atoms with Crippen LogP contribution < -0.4 is 10.1 Å². The molecular weight excluding hydrogens is 408 g/mol. The van der Waals surface area contributed by atoms with Crippen molar-refractivity contribution < 1.29 is 9.13 Å². The van der Waals surface area contributed by atoms with E-state index in [1.165, 1.54) is 12.1 Å². The highest BCUT2D eigenvalue weighted by Crippen LogP contribution is 2.35. The largest absolute Gasteiger partial charge is 0.486 e. The maximum absolute atomic E-state index is 13.3. The van der Waals surface area contributed by atoms with Crippen molar-refractivity contribution in [1.29, 1.82) is 0 Å². The fourth-order valence-corrected chi connectivity index (χ4v) is 3.43. The van der Waals surface area contributed by atoms with Gasteiger partial charge < -0.3 is 10.1 Å². The number of hydrogen-bond donors (Lipinski definition) is 1. The normalized spacial score (nSPS) is 10.7. The molecule has 0 aliphatic carbocycles. The molecule has 0 aromatic heterocycles. The van der Waals surface area contributed by atoms with E-state index < -0.39 is 0 Å². The molecule has 0 bridgehead atoms. The fourth-order valence-electron chi connectivity index (χ4n) is 2.62. The van der Waals surface area contributed by atoms with E-state index in [2.05, 4.69) is 5.32 Å². The smallest absolute Gasteiger partial charge is 0.156 e. The van der Waals surface area contributed by atoms with Crippen molar-refractivity contribution in [3.05, 3.63) is 92.2 Å². The molecule has 140 valence electrons. The van der Waals surface area contributed by atoms with Gasteiger partial charge in [-0.2, -0.15) is 0 Å². The van der Waals surface area contributed by atoms with Gasteiger partial charge in [0.2, 0.25) is 0 Å². The highest BCUT2D eigenvalue weighted by atomic mass is 35.5. The first kappa shape index (κ1) is 19.8. The number of hydrogen-bond acceptors (Lipinski definition) is 2. The van der Waals surface area contributed by atoms with Crippen molar-refractivity contribution in [3.8, 4) is 5.75 Å². The van der Waals surface area contributed by atoms with E-state index in [-0.39, 0.29) is 12.4 Å². The van der Waals surface area contributed by atoms with Crippen LogP contribution in [0.25, 0.3) is 0 Å². The Kier molecular flexibility index (Phi) is 6.48. The van der Waals surface area contributed by atoms with Crippen LogP contribution in [0.5, 0.6) is 5.75 Å². The summed E-state index contributed by atoms with van der Waals surface area (Å²) in [5.74, 6) is 0.0660. The van der Waals surface area contributed by atoms with Gasteiger partial charge in [0.1, 0.15) is 12.4 Å². The summed E-state index contributed by atoms with van der Waals surface area (Å²) >= 11 is 18.7. The van der Waals surface area contributed by atoms with Gasteiger partial charge in [-0.3, -0.25) is 0 Å². The van der Waals surface area contributed by atoms with Gasteiger partial charge in [0.15, 0.2) is 5.75 Å². The number of halogens is 4. The van der Waals surface area contributed by atoms with Gasteiger partial charge in [-0.15, -0.1) is 0 Å². The molecule has 3 rings (SSSR count). The summed E-state index contributed by atoms with van der Waals surface area (Å²) in [7, 11) is 0. The first-order valence-electron chi connectivity index (χ1n) is 8.27. The maximum atomic E-state index is 13.3. The second-order valence-corrected chi connectivity index (χ2v) is 7.37. The Bertz CT molecular complexity index is 939. The van der Waals surface area contributed by atoms with E-state index >= 15 is 0 Å². The average Bonchev–Trinajstić information content (AvgIpc) is 2.62. The summed E-state index contributed by atoms with van der Waals surface area (Å²) in [6, 6.07) is 15.5. The Morgan fingerprint density at radius 1 is 0.926 bits per heavy atom. The highest BCUT2D eigenvalue weighted by Gasteiger charge is 2.11. The Morgan fingerprint density at radius 3 is 2.37 bits per heavy atom. The lowest BCUT2D eigenvalue weighted by molar-refractivity contribution is 0.306. The van der Waals surface area contributed by atoms with Crippen LogP contribution in [0.2, 0.25) is 15.1 Å². The van der Waals surface area contributed by atoms with E-state index in [9.17, 15) is 4.39 Å². The molecule has 0 aliphatic heterocycles. The average molecular weight is 425 g/mol. The van der Waals surface area contributed by atoms with E-state index in [1.54, 1.807) is 24.3 Å². The minimum absolute atomic E-state index is 0.177. The molecule has 27 heavy (non-hydrogen) atoms. The van der Waals surface area contributed by atoms with E-state index in [1.807, 2.05) is 25.1 Å². The molecular formula is C21H17Cl3FNO. The Hall–Kier alpha value is -1.94. The Labute approximate surface area is 172 Å². The molecule has 3 aromatic carbocycles. The van der Waals surface area contributed by atoms with Crippen LogP contribution in [0.3, 0.4) is 0 Å².